The highest BCUT2D eigenvalue weighted by Gasteiger charge is 2.23. The molecular formula is C8H10S7. The lowest BCUT2D eigenvalue weighted by Gasteiger charge is -2.09. The van der Waals surface area contributed by atoms with Gasteiger partial charge in [0, 0.05) is 33.5 Å². The van der Waals surface area contributed by atoms with Gasteiger partial charge in [0.25, 0.3) is 0 Å². The maximum atomic E-state index is 5.16. The number of thiocarbonyl (C=S) groups is 2. The molecule has 0 aromatic heterocycles. The van der Waals surface area contributed by atoms with Crippen LogP contribution in [0.25, 0.3) is 0 Å². The fourth-order valence-corrected chi connectivity index (χ4v) is 8.91. The van der Waals surface area contributed by atoms with Gasteiger partial charge in [-0.3, -0.25) is 0 Å². The van der Waals surface area contributed by atoms with E-state index < -0.39 is 0 Å². The van der Waals surface area contributed by atoms with E-state index in [1.54, 1.807) is 0 Å². The quantitative estimate of drug-likeness (QED) is 0.706. The Labute approximate surface area is 123 Å². The first kappa shape index (κ1) is 13.4. The van der Waals surface area contributed by atoms with Crippen molar-refractivity contribution in [3.8, 4) is 0 Å². The highest BCUT2D eigenvalue weighted by Crippen LogP contribution is 2.37. The fraction of sp³-hybridized carbons (Fsp3) is 0.750. The van der Waals surface area contributed by atoms with Gasteiger partial charge in [-0.1, -0.05) is 24.4 Å². The molecule has 2 heterocycles. The summed E-state index contributed by atoms with van der Waals surface area (Å²) in [6, 6.07) is 0. The van der Waals surface area contributed by atoms with Crippen LogP contribution in [0.3, 0.4) is 0 Å². The van der Waals surface area contributed by atoms with Crippen molar-refractivity contribution in [1.29, 1.82) is 0 Å². The summed E-state index contributed by atoms with van der Waals surface area (Å²) in [5.41, 5.74) is 0. The van der Waals surface area contributed by atoms with Gasteiger partial charge in [0.15, 0.2) is 0 Å². The van der Waals surface area contributed by atoms with Crippen LogP contribution < -0.4 is 0 Å². The minimum atomic E-state index is 0.749. The first-order valence-corrected chi connectivity index (χ1v) is 10.2. The summed E-state index contributed by atoms with van der Waals surface area (Å²) in [7, 11) is 0. The SMILES string of the molecule is S=C1SCC(CSCC2CSC(=S)S2)S1. The van der Waals surface area contributed by atoms with E-state index in [9.17, 15) is 0 Å². The van der Waals surface area contributed by atoms with E-state index in [4.69, 9.17) is 24.4 Å². The number of hydrogen-bond donors (Lipinski definition) is 0. The Bertz CT molecular complexity index is 238. The predicted molar refractivity (Wildman–Crippen MR) is 90.2 cm³/mol. The Hall–Kier alpha value is 1.93. The lowest BCUT2D eigenvalue weighted by molar-refractivity contribution is 1.13. The highest BCUT2D eigenvalue weighted by atomic mass is 32.2. The molecule has 2 unspecified atom stereocenters. The van der Waals surface area contributed by atoms with E-state index in [1.807, 2.05) is 47.0 Å². The van der Waals surface area contributed by atoms with E-state index >= 15 is 0 Å². The van der Waals surface area contributed by atoms with Crippen LogP contribution >= 0.6 is 83.2 Å². The van der Waals surface area contributed by atoms with Crippen molar-refractivity contribution in [2.75, 3.05) is 23.0 Å². The molecule has 2 saturated heterocycles. The zero-order valence-corrected chi connectivity index (χ0v) is 13.6. The maximum Gasteiger partial charge on any atom is 0.104 e. The summed E-state index contributed by atoms with van der Waals surface area (Å²) in [5.74, 6) is 4.90. The molecule has 15 heavy (non-hydrogen) atoms. The van der Waals surface area contributed by atoms with Crippen LogP contribution in [0.4, 0.5) is 0 Å². The highest BCUT2D eigenvalue weighted by molar-refractivity contribution is 8.50. The van der Waals surface area contributed by atoms with Crippen LogP contribution in [0, 0.1) is 0 Å². The summed E-state index contributed by atoms with van der Waals surface area (Å²) in [6.07, 6.45) is 0. The van der Waals surface area contributed by atoms with Crippen LogP contribution in [-0.2, 0) is 0 Å². The van der Waals surface area contributed by atoms with Crippen molar-refractivity contribution in [2.45, 2.75) is 10.5 Å². The second-order valence-corrected chi connectivity index (χ2v) is 11.3. The van der Waals surface area contributed by atoms with Crippen molar-refractivity contribution < 1.29 is 0 Å². The minimum Gasteiger partial charge on any atom is -0.160 e. The Morgan fingerprint density at radius 3 is 1.80 bits per heavy atom. The van der Waals surface area contributed by atoms with Gasteiger partial charge in [0.2, 0.25) is 0 Å². The normalized spacial score (nSPS) is 31.5. The number of thioether (sulfide) groups is 5. The summed E-state index contributed by atoms with van der Waals surface area (Å²) in [6.45, 7) is 0. The van der Waals surface area contributed by atoms with E-state index in [0.717, 1.165) is 17.6 Å². The summed E-state index contributed by atoms with van der Waals surface area (Å²) >= 11 is 19.8. The molecule has 2 aliphatic rings. The smallest absolute Gasteiger partial charge is 0.104 e. The molecule has 0 spiro atoms. The molecule has 7 heteroatoms. The lowest BCUT2D eigenvalue weighted by Crippen LogP contribution is -2.10. The van der Waals surface area contributed by atoms with Gasteiger partial charge in [0.05, 0.1) is 0 Å². The molecule has 2 rings (SSSR count). The average Bonchev–Trinajstić information content (AvgIpc) is 2.76. The number of hydrogen-bond acceptors (Lipinski definition) is 7. The van der Waals surface area contributed by atoms with E-state index in [1.165, 1.54) is 23.0 Å². The second kappa shape index (κ2) is 6.75. The molecule has 0 amide bonds. The second-order valence-electron chi connectivity index (χ2n) is 3.14. The van der Waals surface area contributed by atoms with E-state index in [-0.39, 0.29) is 0 Å². The fourth-order valence-electron chi connectivity index (χ4n) is 1.23. The third-order valence-corrected chi connectivity index (χ3v) is 9.92. The van der Waals surface area contributed by atoms with Crippen molar-refractivity contribution in [1.82, 2.24) is 0 Å². The molecule has 0 bridgehead atoms. The summed E-state index contributed by atoms with van der Waals surface area (Å²) in [5, 5.41) is 1.50. The molecule has 0 aliphatic carbocycles. The Morgan fingerprint density at radius 1 is 1.00 bits per heavy atom. The Kier molecular flexibility index (Phi) is 6.02. The first-order valence-electron chi connectivity index (χ1n) is 4.48. The summed E-state index contributed by atoms with van der Waals surface area (Å²) < 4.78 is 2.26. The molecular weight excluding hydrogens is 321 g/mol. The Balaban J connectivity index is 1.59. The van der Waals surface area contributed by atoms with Gasteiger partial charge in [-0.05, 0) is 0 Å². The average molecular weight is 331 g/mol. The van der Waals surface area contributed by atoms with E-state index in [0.29, 0.717) is 0 Å². The molecule has 2 fully saturated rings. The topological polar surface area (TPSA) is 0 Å². The van der Waals surface area contributed by atoms with Gasteiger partial charge < -0.3 is 0 Å². The van der Waals surface area contributed by atoms with Crippen molar-refractivity contribution >= 4 is 90.3 Å². The predicted octanol–water partition coefficient (Wildman–Crippen LogP) is 3.99. The molecule has 0 aromatic rings. The molecule has 84 valence electrons. The largest absolute Gasteiger partial charge is 0.160 e. The monoisotopic (exact) mass is 330 g/mol. The van der Waals surface area contributed by atoms with Crippen LogP contribution in [0.15, 0.2) is 0 Å². The Morgan fingerprint density at radius 2 is 1.47 bits per heavy atom. The van der Waals surface area contributed by atoms with Gasteiger partial charge in [-0.25, -0.2) is 0 Å². The van der Waals surface area contributed by atoms with Gasteiger partial charge in [0.1, 0.15) is 7.06 Å². The third-order valence-electron chi connectivity index (χ3n) is 1.91. The van der Waals surface area contributed by atoms with Crippen molar-refractivity contribution in [3.05, 3.63) is 0 Å². The van der Waals surface area contributed by atoms with Gasteiger partial charge >= 0.3 is 0 Å². The zero-order valence-electron chi connectivity index (χ0n) is 7.84. The van der Waals surface area contributed by atoms with Crippen LogP contribution in [-0.4, -0.2) is 40.6 Å². The molecule has 0 radical (unpaired) electrons. The minimum absolute atomic E-state index is 0.749. The third kappa shape index (κ3) is 4.60. The lowest BCUT2D eigenvalue weighted by atomic mass is 10.5. The number of rotatable bonds is 4. The molecule has 2 atom stereocenters. The van der Waals surface area contributed by atoms with Gasteiger partial charge in [-0.2, -0.15) is 11.8 Å². The van der Waals surface area contributed by atoms with Crippen LogP contribution in [0.5, 0.6) is 0 Å². The standard InChI is InChI=1S/C8H10S7/c9-7-12-3-5(14-7)1-11-2-6-4-13-8(10)15-6/h5-6H,1-4H2. The first-order chi connectivity index (χ1) is 7.24. The molecule has 0 N–H and O–H groups in total. The van der Waals surface area contributed by atoms with Crippen molar-refractivity contribution in [3.63, 3.8) is 0 Å². The van der Waals surface area contributed by atoms with Crippen molar-refractivity contribution in [2.24, 2.45) is 0 Å². The summed E-state index contributed by atoms with van der Waals surface area (Å²) in [4.78, 5) is 0. The molecule has 2 aliphatic heterocycles. The van der Waals surface area contributed by atoms with E-state index in [2.05, 4.69) is 11.8 Å². The molecule has 0 saturated carbocycles. The van der Waals surface area contributed by atoms with Crippen LogP contribution in [0.1, 0.15) is 0 Å². The molecule has 0 aromatic carbocycles. The van der Waals surface area contributed by atoms with Gasteiger partial charge in [-0.15, -0.1) is 47.0 Å². The molecule has 0 nitrogen and oxygen atoms in total. The van der Waals surface area contributed by atoms with Crippen LogP contribution in [0.2, 0.25) is 0 Å². The maximum absolute atomic E-state index is 5.16. The zero-order chi connectivity index (χ0) is 10.7.